The topological polar surface area (TPSA) is 136 Å². The Morgan fingerprint density at radius 1 is 1.20 bits per heavy atom. The summed E-state index contributed by atoms with van der Waals surface area (Å²) in [5.74, 6) is -0.537. The van der Waals surface area contributed by atoms with Gasteiger partial charge in [0.15, 0.2) is 0 Å². The number of halogens is 1. The molecule has 0 bridgehead atoms. The van der Waals surface area contributed by atoms with Gasteiger partial charge in [-0.1, -0.05) is 12.1 Å². The van der Waals surface area contributed by atoms with Crippen molar-refractivity contribution in [2.45, 2.75) is 64.3 Å². The number of aromatic nitrogens is 3. The molecular weight excluding hydrogens is 605 g/mol. The van der Waals surface area contributed by atoms with Crippen LogP contribution < -0.4 is 10.6 Å². The predicted molar refractivity (Wildman–Crippen MR) is 174 cm³/mol. The van der Waals surface area contributed by atoms with Gasteiger partial charge in [-0.3, -0.25) is 14.9 Å². The Hall–Kier alpha value is -4.44. The van der Waals surface area contributed by atoms with Crippen LogP contribution in [0.15, 0.2) is 60.3 Å². The van der Waals surface area contributed by atoms with Gasteiger partial charge >= 0.3 is 0 Å². The van der Waals surface area contributed by atoms with E-state index in [-0.39, 0.29) is 23.4 Å². The monoisotopic (exact) mass is 641 g/mol. The summed E-state index contributed by atoms with van der Waals surface area (Å²) in [7, 11) is 0. The van der Waals surface area contributed by atoms with E-state index in [0.29, 0.717) is 54.0 Å². The van der Waals surface area contributed by atoms with Gasteiger partial charge in [-0.15, -0.1) is 11.3 Å². The highest BCUT2D eigenvalue weighted by molar-refractivity contribution is 7.17. The Morgan fingerprint density at radius 3 is 2.76 bits per heavy atom. The lowest BCUT2D eigenvalue weighted by Gasteiger charge is -2.26. The average Bonchev–Trinajstić information content (AvgIpc) is 3.37. The molecule has 1 saturated heterocycles. The van der Waals surface area contributed by atoms with Crippen LogP contribution in [0.3, 0.4) is 0 Å². The molecular formula is C34H36FN7O3S. The van der Waals surface area contributed by atoms with Crippen LogP contribution >= 0.6 is 11.3 Å². The number of fused-ring (bicyclic) bond motifs is 1. The third-order valence-electron chi connectivity index (χ3n) is 8.17. The van der Waals surface area contributed by atoms with Crippen molar-refractivity contribution in [1.29, 1.82) is 5.26 Å². The third-order valence-corrected chi connectivity index (χ3v) is 9.31. The first-order chi connectivity index (χ1) is 22.1. The van der Waals surface area contributed by atoms with Crippen molar-refractivity contribution in [2.24, 2.45) is 5.92 Å². The number of carbonyl (C=O) groups excluding carboxylic acids is 2. The fourth-order valence-corrected chi connectivity index (χ4v) is 6.62. The second kappa shape index (κ2) is 13.1. The van der Waals surface area contributed by atoms with Gasteiger partial charge in [0.25, 0.3) is 11.8 Å². The molecule has 6 rings (SSSR count). The van der Waals surface area contributed by atoms with Gasteiger partial charge in [0.05, 0.1) is 27.6 Å². The number of aliphatic hydroxyl groups is 1. The molecule has 10 nitrogen and oxygen atoms in total. The van der Waals surface area contributed by atoms with E-state index in [0.717, 1.165) is 41.6 Å². The van der Waals surface area contributed by atoms with Crippen molar-refractivity contribution in [1.82, 2.24) is 24.8 Å². The molecule has 238 valence electrons. The normalized spacial score (nSPS) is 17.0. The van der Waals surface area contributed by atoms with E-state index in [1.165, 1.54) is 23.6 Å². The summed E-state index contributed by atoms with van der Waals surface area (Å²) < 4.78 is 15.6. The van der Waals surface area contributed by atoms with Crippen molar-refractivity contribution in [3.8, 4) is 16.5 Å². The Balaban J connectivity index is 1.28. The molecule has 1 aliphatic carbocycles. The van der Waals surface area contributed by atoms with Gasteiger partial charge in [-0.25, -0.2) is 9.97 Å². The lowest BCUT2D eigenvalue weighted by molar-refractivity contribution is -0.127. The number of rotatable bonds is 11. The van der Waals surface area contributed by atoms with Crippen LogP contribution in [0.25, 0.3) is 21.5 Å². The van der Waals surface area contributed by atoms with E-state index in [2.05, 4.69) is 21.7 Å². The van der Waals surface area contributed by atoms with E-state index in [9.17, 15) is 24.3 Å². The molecule has 1 aliphatic heterocycles. The molecule has 12 heteroatoms. The molecule has 0 radical (unpaired) electrons. The maximum Gasteiger partial charge on any atom is 0.268 e. The maximum absolute atomic E-state index is 13.7. The lowest BCUT2D eigenvalue weighted by Crippen LogP contribution is -2.39. The zero-order valence-corrected chi connectivity index (χ0v) is 26.6. The Labute approximate surface area is 270 Å². The maximum atomic E-state index is 13.7. The summed E-state index contributed by atoms with van der Waals surface area (Å²) >= 11 is 1.24. The highest BCUT2D eigenvalue weighted by atomic mass is 32.1. The minimum atomic E-state index is -0.847. The first-order valence-corrected chi connectivity index (χ1v) is 16.3. The summed E-state index contributed by atoms with van der Waals surface area (Å²) in [6, 6.07) is 14.3. The minimum Gasteiger partial charge on any atom is -0.389 e. The van der Waals surface area contributed by atoms with Gasteiger partial charge in [-0.2, -0.15) is 9.65 Å². The van der Waals surface area contributed by atoms with E-state index in [4.69, 9.17) is 4.98 Å². The van der Waals surface area contributed by atoms with Crippen LogP contribution in [-0.4, -0.2) is 61.1 Å². The average molecular weight is 642 g/mol. The summed E-state index contributed by atoms with van der Waals surface area (Å²) in [5, 5.41) is 26.0. The first kappa shape index (κ1) is 31.5. The molecule has 2 fully saturated rings. The lowest BCUT2D eigenvalue weighted by atomic mass is 10.1. The number of pyridine rings is 1. The van der Waals surface area contributed by atoms with Crippen molar-refractivity contribution in [3.63, 3.8) is 0 Å². The van der Waals surface area contributed by atoms with Crippen LogP contribution in [0.1, 0.15) is 54.8 Å². The van der Waals surface area contributed by atoms with E-state index >= 15 is 0 Å². The number of likely N-dealkylation sites (tertiary alicyclic amines) is 1. The Bertz CT molecular complexity index is 1850. The minimum absolute atomic E-state index is 0.181. The fourth-order valence-electron chi connectivity index (χ4n) is 5.73. The second-order valence-corrected chi connectivity index (χ2v) is 13.7. The molecule has 1 aromatic carbocycles. The number of hydrogen-bond donors (Lipinski definition) is 3. The van der Waals surface area contributed by atoms with Crippen molar-refractivity contribution in [2.75, 3.05) is 18.4 Å². The summed E-state index contributed by atoms with van der Waals surface area (Å²) in [4.78, 5) is 38.3. The van der Waals surface area contributed by atoms with Gasteiger partial charge in [-0.05, 0) is 86.9 Å². The summed E-state index contributed by atoms with van der Waals surface area (Å²) in [6.07, 6.45) is 6.78. The molecule has 2 amide bonds. The number of nitriles is 1. The smallest absolute Gasteiger partial charge is 0.268 e. The molecule has 0 unspecified atom stereocenters. The number of anilines is 1. The third kappa shape index (κ3) is 7.33. The number of benzene rings is 1. The first-order valence-electron chi connectivity index (χ1n) is 15.5. The summed E-state index contributed by atoms with van der Waals surface area (Å²) in [5.41, 5.74) is 2.43. The molecule has 4 aromatic rings. The molecule has 46 heavy (non-hydrogen) atoms. The van der Waals surface area contributed by atoms with Crippen LogP contribution in [0.4, 0.5) is 10.3 Å². The molecule has 2 aliphatic rings. The SMILES string of the molecule is CC(C)(O)CNCc1ccc2c(c1)nc(NC(=O)c1ccc(-c3ccnc(F)c3)s1)n2C[C@H]1CCCN1C(=O)C(C#N)=CC1CC1. The van der Waals surface area contributed by atoms with Crippen LogP contribution in [0, 0.1) is 23.2 Å². The fraction of sp³-hybridized carbons (Fsp3) is 0.382. The highest BCUT2D eigenvalue weighted by Crippen LogP contribution is 2.33. The van der Waals surface area contributed by atoms with Crippen LogP contribution in [0.2, 0.25) is 0 Å². The number of nitrogens with zero attached hydrogens (tertiary/aromatic N) is 5. The quantitative estimate of drug-likeness (QED) is 0.115. The number of allylic oxidation sites excluding steroid dienone is 1. The second-order valence-electron chi connectivity index (χ2n) is 12.6. The zero-order chi connectivity index (χ0) is 32.4. The predicted octanol–water partition coefficient (Wildman–Crippen LogP) is 5.26. The molecule has 4 heterocycles. The number of amides is 2. The molecule has 0 spiro atoms. The van der Waals surface area contributed by atoms with Gasteiger partial charge in [0.1, 0.15) is 11.6 Å². The van der Waals surface area contributed by atoms with Crippen LogP contribution in [-0.2, 0) is 17.9 Å². The van der Waals surface area contributed by atoms with Gasteiger partial charge in [0.2, 0.25) is 11.9 Å². The summed E-state index contributed by atoms with van der Waals surface area (Å²) in [6.45, 7) is 5.38. The number of thiophene rings is 1. The number of imidazole rings is 1. The largest absolute Gasteiger partial charge is 0.389 e. The van der Waals surface area contributed by atoms with Crippen LogP contribution in [0.5, 0.6) is 0 Å². The number of carbonyl (C=O) groups is 2. The highest BCUT2D eigenvalue weighted by Gasteiger charge is 2.33. The van der Waals surface area contributed by atoms with E-state index in [1.54, 1.807) is 43.0 Å². The Morgan fingerprint density at radius 2 is 2.02 bits per heavy atom. The zero-order valence-electron chi connectivity index (χ0n) is 25.8. The number of hydrogen-bond acceptors (Lipinski definition) is 8. The molecule has 1 atom stereocenters. The van der Waals surface area contributed by atoms with Crippen molar-refractivity contribution in [3.05, 3.63) is 76.7 Å². The standard InChI is InChI=1S/C34H36FN7O3S/c1-34(2,45)20-37-18-22-7-8-27-26(15-22)39-33(40-31(43)29-10-9-28(46-29)23-11-12-38-30(35)16-23)42(27)19-25-4-3-13-41(25)32(44)24(17-36)14-21-5-6-21/h7-12,14-16,21,25,37,45H,3-6,13,18-20H2,1-2H3,(H,39,40,43)/t25-/m1/s1. The molecule has 3 N–H and O–H groups in total. The number of nitrogens with one attached hydrogen (secondary N) is 2. The van der Waals surface area contributed by atoms with Gasteiger partial charge in [0, 0.05) is 43.3 Å². The Kier molecular flexibility index (Phi) is 8.99. The van der Waals surface area contributed by atoms with Crippen molar-refractivity contribution >= 4 is 40.1 Å². The van der Waals surface area contributed by atoms with E-state index < -0.39 is 11.5 Å². The van der Waals surface area contributed by atoms with Gasteiger partial charge < -0.3 is 19.9 Å². The molecule has 1 saturated carbocycles. The molecule has 3 aromatic heterocycles. The van der Waals surface area contributed by atoms with Crippen molar-refractivity contribution < 1.29 is 19.1 Å². The van der Waals surface area contributed by atoms with E-state index in [1.807, 2.05) is 22.8 Å².